The molecule has 36 heavy (non-hydrogen) atoms. The van der Waals surface area contributed by atoms with E-state index in [-0.39, 0.29) is 0 Å². The van der Waals surface area contributed by atoms with Gasteiger partial charge in [-0.1, -0.05) is 136 Å². The largest absolute Gasteiger partial charge is 0.100 e. The monoisotopic (exact) mass is 480 g/mol. The van der Waals surface area contributed by atoms with Crippen LogP contribution in [0, 0.1) is 13.8 Å². The number of aryl methyl sites for hydroxylation is 2. The average molecular weight is 481 g/mol. The first-order valence-electron chi connectivity index (χ1n) is 13.6. The molecule has 2 aliphatic carbocycles. The van der Waals surface area contributed by atoms with Gasteiger partial charge >= 0.3 is 0 Å². The molecule has 0 aliphatic heterocycles. The molecule has 0 radical (unpaired) electrons. The molecule has 192 valence electrons. The number of benzene rings is 3. The average Bonchev–Trinajstić information content (AvgIpc) is 3.19. The molecule has 0 heteroatoms. The lowest BCUT2D eigenvalue weighted by Crippen LogP contribution is -1.89. The standard InChI is InChI=1S/C15H14.C13H14.C4H8.2C2H6/c1-10-7-8-14-13-6-4-3-5-12(13)11(2)15(14)9-10;1-11-7-9-13(10-8-11)12-5-3-2-4-6-12;1-4(2)3;2*1-2/h3-9,11H,1-2H3;3,5-10H,2,4H2,1H3;1H2,2-3H3;2*1-2H3. The summed E-state index contributed by atoms with van der Waals surface area (Å²) in [6.07, 6.45) is 9.14. The molecule has 0 N–H and O–H groups in total. The van der Waals surface area contributed by atoms with Gasteiger partial charge in [-0.15, -0.1) is 6.58 Å². The van der Waals surface area contributed by atoms with Crippen molar-refractivity contribution in [2.75, 3.05) is 0 Å². The third-order valence-electron chi connectivity index (χ3n) is 5.77. The van der Waals surface area contributed by atoms with E-state index >= 15 is 0 Å². The maximum Gasteiger partial charge on any atom is 0.00734 e. The summed E-state index contributed by atoms with van der Waals surface area (Å²) in [7, 11) is 0. The van der Waals surface area contributed by atoms with Crippen molar-refractivity contribution in [3.63, 3.8) is 0 Å². The zero-order valence-electron chi connectivity index (χ0n) is 24.3. The van der Waals surface area contributed by atoms with Crippen molar-refractivity contribution < 1.29 is 0 Å². The molecule has 0 fully saturated rings. The van der Waals surface area contributed by atoms with Gasteiger partial charge < -0.3 is 0 Å². The van der Waals surface area contributed by atoms with E-state index in [9.17, 15) is 0 Å². The minimum Gasteiger partial charge on any atom is -0.100 e. The molecule has 0 saturated heterocycles. The van der Waals surface area contributed by atoms with Crippen LogP contribution in [0.5, 0.6) is 0 Å². The van der Waals surface area contributed by atoms with Crippen LogP contribution in [-0.4, -0.2) is 0 Å². The summed E-state index contributed by atoms with van der Waals surface area (Å²) in [5.41, 5.74) is 12.3. The fraction of sp³-hybridized carbons (Fsp3) is 0.333. The van der Waals surface area contributed by atoms with E-state index in [1.807, 2.05) is 41.5 Å². The highest BCUT2D eigenvalue weighted by Crippen LogP contribution is 2.44. The van der Waals surface area contributed by atoms with Crippen molar-refractivity contribution in [3.8, 4) is 11.1 Å². The lowest BCUT2D eigenvalue weighted by Gasteiger charge is -2.06. The molecule has 0 aromatic heterocycles. The van der Waals surface area contributed by atoms with Crippen LogP contribution >= 0.6 is 0 Å². The summed E-state index contributed by atoms with van der Waals surface area (Å²) >= 11 is 0. The first-order valence-corrected chi connectivity index (χ1v) is 13.6. The zero-order chi connectivity index (χ0) is 27.1. The van der Waals surface area contributed by atoms with Gasteiger partial charge in [0.15, 0.2) is 0 Å². The van der Waals surface area contributed by atoms with Crippen molar-refractivity contribution in [1.82, 2.24) is 0 Å². The summed E-state index contributed by atoms with van der Waals surface area (Å²) in [4.78, 5) is 0. The van der Waals surface area contributed by atoms with Gasteiger partial charge in [-0.25, -0.2) is 0 Å². The maximum absolute atomic E-state index is 3.56. The molecule has 1 unspecified atom stereocenters. The van der Waals surface area contributed by atoms with Crippen LogP contribution in [-0.2, 0) is 0 Å². The molecule has 3 aromatic rings. The maximum atomic E-state index is 3.56. The second-order valence-electron chi connectivity index (χ2n) is 9.11. The van der Waals surface area contributed by atoms with Crippen molar-refractivity contribution in [2.45, 2.75) is 81.1 Å². The quantitative estimate of drug-likeness (QED) is 0.304. The number of rotatable bonds is 1. The number of allylic oxidation sites excluding steroid dienone is 5. The molecule has 0 spiro atoms. The van der Waals surface area contributed by atoms with Crippen molar-refractivity contribution in [1.29, 1.82) is 0 Å². The molecule has 1 atom stereocenters. The molecular formula is C36H48. The number of hydrogen-bond donors (Lipinski definition) is 0. The predicted molar refractivity (Wildman–Crippen MR) is 165 cm³/mol. The Morgan fingerprint density at radius 1 is 0.722 bits per heavy atom. The smallest absolute Gasteiger partial charge is 0.00734 e. The van der Waals surface area contributed by atoms with Gasteiger partial charge in [0, 0.05) is 5.92 Å². The van der Waals surface area contributed by atoms with Crippen molar-refractivity contribution in [2.24, 2.45) is 0 Å². The summed E-state index contributed by atoms with van der Waals surface area (Å²) in [6, 6.07) is 24.2. The topological polar surface area (TPSA) is 0 Å². The Balaban J connectivity index is 0.000000283. The molecule has 0 bridgehead atoms. The molecule has 5 rings (SSSR count). The second kappa shape index (κ2) is 16.5. The van der Waals surface area contributed by atoms with Crippen LogP contribution in [0.4, 0.5) is 0 Å². The van der Waals surface area contributed by atoms with Crippen LogP contribution in [0.25, 0.3) is 16.7 Å². The Morgan fingerprint density at radius 3 is 1.86 bits per heavy atom. The van der Waals surface area contributed by atoms with Gasteiger partial charge in [0.25, 0.3) is 0 Å². The Morgan fingerprint density at radius 2 is 1.28 bits per heavy atom. The van der Waals surface area contributed by atoms with Crippen LogP contribution in [0.15, 0.2) is 97.1 Å². The van der Waals surface area contributed by atoms with Crippen LogP contribution in [0.3, 0.4) is 0 Å². The molecule has 0 saturated carbocycles. The van der Waals surface area contributed by atoms with Crippen LogP contribution in [0.2, 0.25) is 0 Å². The van der Waals surface area contributed by atoms with Gasteiger partial charge in [0.1, 0.15) is 0 Å². The molecule has 0 nitrogen and oxygen atoms in total. The Hall–Kier alpha value is -3.12. The molecule has 0 heterocycles. The van der Waals surface area contributed by atoms with E-state index in [2.05, 4.69) is 112 Å². The van der Waals surface area contributed by atoms with E-state index in [1.165, 1.54) is 62.9 Å². The Kier molecular flexibility index (Phi) is 14.2. The zero-order valence-corrected chi connectivity index (χ0v) is 24.3. The van der Waals surface area contributed by atoms with Crippen LogP contribution in [0.1, 0.15) is 95.0 Å². The fourth-order valence-electron chi connectivity index (χ4n) is 4.15. The van der Waals surface area contributed by atoms with Gasteiger partial charge in [0.05, 0.1) is 0 Å². The minimum absolute atomic E-state index is 0.552. The Labute approximate surface area is 222 Å². The number of hydrogen-bond acceptors (Lipinski definition) is 0. The minimum atomic E-state index is 0.552. The normalized spacial score (nSPS) is 13.9. The predicted octanol–water partition coefficient (Wildman–Crippen LogP) is 11.5. The van der Waals surface area contributed by atoms with Crippen LogP contribution < -0.4 is 0 Å². The Bertz CT molecular complexity index is 1120. The van der Waals surface area contributed by atoms with E-state index in [0.717, 1.165) is 0 Å². The van der Waals surface area contributed by atoms with Gasteiger partial charge in [-0.2, -0.15) is 0 Å². The summed E-state index contributed by atoms with van der Waals surface area (Å²) in [6.45, 7) is 22.1. The highest BCUT2D eigenvalue weighted by Gasteiger charge is 2.24. The molecular weight excluding hydrogens is 432 g/mol. The fourth-order valence-corrected chi connectivity index (χ4v) is 4.15. The van der Waals surface area contributed by atoms with Crippen molar-refractivity contribution in [3.05, 3.63) is 125 Å². The summed E-state index contributed by atoms with van der Waals surface area (Å²) in [5.74, 6) is 0.552. The highest BCUT2D eigenvalue weighted by molar-refractivity contribution is 5.79. The second-order valence-corrected chi connectivity index (χ2v) is 9.11. The van der Waals surface area contributed by atoms with E-state index in [1.54, 1.807) is 0 Å². The lowest BCUT2D eigenvalue weighted by molar-refractivity contribution is 0.954. The van der Waals surface area contributed by atoms with E-state index in [4.69, 9.17) is 0 Å². The summed E-state index contributed by atoms with van der Waals surface area (Å²) < 4.78 is 0. The third-order valence-corrected chi connectivity index (χ3v) is 5.77. The summed E-state index contributed by atoms with van der Waals surface area (Å²) in [5, 5.41) is 0. The molecule has 3 aromatic carbocycles. The highest BCUT2D eigenvalue weighted by atomic mass is 14.3. The van der Waals surface area contributed by atoms with E-state index < -0.39 is 0 Å². The van der Waals surface area contributed by atoms with Gasteiger partial charge in [-0.3, -0.25) is 0 Å². The first-order chi connectivity index (χ1) is 17.4. The molecule has 0 amide bonds. The lowest BCUT2D eigenvalue weighted by atomic mass is 9.98. The first kappa shape index (κ1) is 30.9. The van der Waals surface area contributed by atoms with Gasteiger partial charge in [-0.05, 0) is 73.9 Å². The van der Waals surface area contributed by atoms with E-state index in [0.29, 0.717) is 5.92 Å². The van der Waals surface area contributed by atoms with Gasteiger partial charge in [0.2, 0.25) is 0 Å². The number of fused-ring (bicyclic) bond motifs is 3. The van der Waals surface area contributed by atoms with Crippen molar-refractivity contribution >= 4 is 5.57 Å². The molecule has 2 aliphatic rings. The SMILES string of the molecule is C=C(C)C.CC.CC.Cc1ccc(C2=CCCC=C2)cc1.Cc1ccc2c(c1)C(C)c1ccccc1-2. The third kappa shape index (κ3) is 9.15.